The molecule has 2 N–H and O–H groups in total. The lowest BCUT2D eigenvalue weighted by Gasteiger charge is -2.11. The Labute approximate surface area is 84.1 Å². The number of nitrogens with zero attached hydrogens (tertiary/aromatic N) is 1. The molecule has 0 aromatic carbocycles. The highest BCUT2D eigenvalue weighted by molar-refractivity contribution is 9.10. The minimum atomic E-state index is -0.435. The van der Waals surface area contributed by atoms with Crippen molar-refractivity contribution in [3.63, 3.8) is 0 Å². The third-order valence-electron chi connectivity index (χ3n) is 1.46. The third-order valence-corrected chi connectivity index (χ3v) is 1.90. The molecule has 1 heterocycles. The average molecular weight is 249 g/mol. The van der Waals surface area contributed by atoms with Crippen LogP contribution in [0.1, 0.15) is 6.92 Å². The molecule has 0 spiro atoms. The van der Waals surface area contributed by atoms with Crippen LogP contribution in [0.4, 0.5) is 10.2 Å². The monoisotopic (exact) mass is 248 g/mol. The summed E-state index contributed by atoms with van der Waals surface area (Å²) in [5.74, 6) is -0.278. The molecule has 5 heteroatoms. The molecular weight excluding hydrogens is 239 g/mol. The van der Waals surface area contributed by atoms with Crippen molar-refractivity contribution in [2.24, 2.45) is 0 Å². The number of rotatable bonds is 3. The maximum Gasteiger partial charge on any atom is 0.166 e. The molecule has 0 radical (unpaired) electrons. The van der Waals surface area contributed by atoms with Crippen molar-refractivity contribution in [3.05, 3.63) is 22.6 Å². The lowest BCUT2D eigenvalue weighted by Crippen LogP contribution is -2.20. The zero-order valence-corrected chi connectivity index (χ0v) is 8.68. The van der Waals surface area contributed by atoms with E-state index in [1.165, 1.54) is 12.3 Å². The van der Waals surface area contributed by atoms with Gasteiger partial charge in [0.2, 0.25) is 0 Å². The summed E-state index contributed by atoms with van der Waals surface area (Å²) in [6.45, 7) is 1.68. The van der Waals surface area contributed by atoms with Gasteiger partial charge < -0.3 is 10.4 Å². The van der Waals surface area contributed by atoms with E-state index in [-0.39, 0.29) is 18.5 Å². The average Bonchev–Trinajstić information content (AvgIpc) is 2.09. The van der Waals surface area contributed by atoms with Gasteiger partial charge in [0.15, 0.2) is 11.6 Å². The summed E-state index contributed by atoms with van der Waals surface area (Å²) in [5.41, 5.74) is 0. The van der Waals surface area contributed by atoms with Crippen LogP contribution in [0.2, 0.25) is 0 Å². The van der Waals surface area contributed by atoms with Gasteiger partial charge in [-0.05, 0) is 28.9 Å². The van der Waals surface area contributed by atoms with Crippen LogP contribution in [0.5, 0.6) is 0 Å². The Balaban J connectivity index is 2.77. The lowest BCUT2D eigenvalue weighted by atomic mass is 10.3. The summed E-state index contributed by atoms with van der Waals surface area (Å²) in [6.07, 6.45) is 1.50. The first-order chi connectivity index (χ1) is 6.13. The van der Waals surface area contributed by atoms with Crippen LogP contribution in [0.3, 0.4) is 0 Å². The Morgan fingerprint density at radius 3 is 3.00 bits per heavy atom. The lowest BCUT2D eigenvalue weighted by molar-refractivity contribution is 0.281. The molecule has 0 saturated heterocycles. The Morgan fingerprint density at radius 2 is 2.46 bits per heavy atom. The summed E-state index contributed by atoms with van der Waals surface area (Å²) >= 11 is 3.10. The van der Waals surface area contributed by atoms with Gasteiger partial charge in [-0.3, -0.25) is 0 Å². The van der Waals surface area contributed by atoms with Crippen molar-refractivity contribution in [1.29, 1.82) is 0 Å². The fourth-order valence-corrected chi connectivity index (χ4v) is 1.10. The first-order valence-corrected chi connectivity index (χ1v) is 4.61. The van der Waals surface area contributed by atoms with Crippen LogP contribution in [0.25, 0.3) is 0 Å². The molecule has 13 heavy (non-hydrogen) atoms. The van der Waals surface area contributed by atoms with E-state index in [9.17, 15) is 4.39 Å². The van der Waals surface area contributed by atoms with Crippen LogP contribution < -0.4 is 5.32 Å². The van der Waals surface area contributed by atoms with Gasteiger partial charge in [0, 0.05) is 16.7 Å². The predicted octanol–water partition coefficient (Wildman–Crippen LogP) is 1.78. The maximum absolute atomic E-state index is 13.1. The van der Waals surface area contributed by atoms with E-state index in [4.69, 9.17) is 5.11 Å². The highest BCUT2D eigenvalue weighted by Gasteiger charge is 2.06. The van der Waals surface area contributed by atoms with Gasteiger partial charge in [-0.25, -0.2) is 9.37 Å². The molecular formula is C8H10BrFN2O. The van der Waals surface area contributed by atoms with Gasteiger partial charge in [-0.15, -0.1) is 0 Å². The number of aliphatic hydroxyl groups excluding tert-OH is 1. The Hall–Kier alpha value is -0.680. The zero-order valence-electron chi connectivity index (χ0n) is 7.09. The Bertz CT molecular complexity index is 295. The second-order valence-electron chi connectivity index (χ2n) is 2.71. The van der Waals surface area contributed by atoms with Gasteiger partial charge in [-0.2, -0.15) is 0 Å². The van der Waals surface area contributed by atoms with Gasteiger partial charge in [0.05, 0.1) is 6.61 Å². The molecule has 0 aliphatic heterocycles. The van der Waals surface area contributed by atoms with E-state index in [1.807, 2.05) is 0 Å². The van der Waals surface area contributed by atoms with E-state index in [0.29, 0.717) is 4.47 Å². The minimum absolute atomic E-state index is 0.0583. The van der Waals surface area contributed by atoms with Gasteiger partial charge in [0.1, 0.15) is 0 Å². The quantitative estimate of drug-likeness (QED) is 0.858. The molecule has 1 atom stereocenters. The molecule has 0 aliphatic carbocycles. The molecule has 0 fully saturated rings. The predicted molar refractivity (Wildman–Crippen MR) is 52.1 cm³/mol. The second kappa shape index (κ2) is 4.53. The molecule has 1 aromatic heterocycles. The second-order valence-corrected chi connectivity index (χ2v) is 3.63. The van der Waals surface area contributed by atoms with Crippen molar-refractivity contribution in [1.82, 2.24) is 4.98 Å². The molecule has 1 aromatic rings. The van der Waals surface area contributed by atoms with Gasteiger partial charge >= 0.3 is 0 Å². The zero-order chi connectivity index (χ0) is 9.84. The van der Waals surface area contributed by atoms with E-state index in [2.05, 4.69) is 26.2 Å². The van der Waals surface area contributed by atoms with E-state index >= 15 is 0 Å². The molecule has 1 unspecified atom stereocenters. The Kier molecular flexibility index (Phi) is 3.62. The summed E-state index contributed by atoms with van der Waals surface area (Å²) in [7, 11) is 0. The number of pyridine rings is 1. The van der Waals surface area contributed by atoms with Crippen molar-refractivity contribution in [2.75, 3.05) is 11.9 Å². The summed E-state index contributed by atoms with van der Waals surface area (Å²) in [4.78, 5) is 3.82. The number of hydrogen-bond donors (Lipinski definition) is 2. The topological polar surface area (TPSA) is 45.1 Å². The number of hydrogen-bond acceptors (Lipinski definition) is 3. The van der Waals surface area contributed by atoms with Crippen LogP contribution in [0, 0.1) is 5.82 Å². The van der Waals surface area contributed by atoms with Crippen LogP contribution in [0.15, 0.2) is 16.7 Å². The van der Waals surface area contributed by atoms with Crippen molar-refractivity contribution < 1.29 is 9.50 Å². The Morgan fingerprint density at radius 1 is 1.77 bits per heavy atom. The number of nitrogens with one attached hydrogen (secondary N) is 1. The summed E-state index contributed by atoms with van der Waals surface area (Å²) in [5, 5.41) is 11.4. The van der Waals surface area contributed by atoms with Crippen LogP contribution >= 0.6 is 15.9 Å². The first kappa shape index (κ1) is 10.4. The number of halogens is 2. The fraction of sp³-hybridized carbons (Fsp3) is 0.375. The van der Waals surface area contributed by atoms with Crippen LogP contribution in [-0.4, -0.2) is 22.7 Å². The SMILES string of the molecule is CC(CO)Nc1ncc(Br)cc1F. The smallest absolute Gasteiger partial charge is 0.166 e. The molecule has 0 amide bonds. The molecule has 0 aliphatic rings. The highest BCUT2D eigenvalue weighted by Crippen LogP contribution is 2.16. The van der Waals surface area contributed by atoms with E-state index in [1.54, 1.807) is 6.92 Å². The van der Waals surface area contributed by atoms with Crippen molar-refractivity contribution in [3.8, 4) is 0 Å². The maximum atomic E-state index is 13.1. The number of anilines is 1. The third kappa shape index (κ3) is 2.93. The molecule has 0 saturated carbocycles. The van der Waals surface area contributed by atoms with E-state index < -0.39 is 5.82 Å². The molecule has 3 nitrogen and oxygen atoms in total. The number of aromatic nitrogens is 1. The minimum Gasteiger partial charge on any atom is -0.394 e. The van der Waals surface area contributed by atoms with E-state index in [0.717, 1.165) is 0 Å². The molecule has 0 bridgehead atoms. The van der Waals surface area contributed by atoms with Gasteiger partial charge in [0.25, 0.3) is 0 Å². The summed E-state index contributed by atoms with van der Waals surface area (Å²) < 4.78 is 13.7. The fourth-order valence-electron chi connectivity index (χ4n) is 0.800. The first-order valence-electron chi connectivity index (χ1n) is 3.82. The molecule has 1 rings (SSSR count). The normalized spacial score (nSPS) is 12.6. The van der Waals surface area contributed by atoms with Crippen LogP contribution in [-0.2, 0) is 0 Å². The van der Waals surface area contributed by atoms with Gasteiger partial charge in [-0.1, -0.05) is 0 Å². The largest absolute Gasteiger partial charge is 0.394 e. The summed E-state index contributed by atoms with van der Waals surface area (Å²) in [6, 6.07) is 1.11. The number of aliphatic hydroxyl groups is 1. The molecule has 72 valence electrons. The standard InChI is InChI=1S/C8H10BrFN2O/c1-5(4-13)12-8-7(10)2-6(9)3-11-8/h2-3,5,13H,4H2,1H3,(H,11,12). The van der Waals surface area contributed by atoms with Crippen molar-refractivity contribution >= 4 is 21.7 Å². The highest BCUT2D eigenvalue weighted by atomic mass is 79.9. The van der Waals surface area contributed by atoms with Crippen molar-refractivity contribution in [2.45, 2.75) is 13.0 Å².